The molecular weight excluding hydrogens is 244 g/mol. The van der Waals surface area contributed by atoms with Crippen LogP contribution in [0.5, 0.6) is 5.75 Å². The van der Waals surface area contributed by atoms with Crippen molar-refractivity contribution in [3.05, 3.63) is 65.6 Å². The topological polar surface area (TPSA) is 9.23 Å². The van der Waals surface area contributed by atoms with Crippen LogP contribution in [0.3, 0.4) is 0 Å². The van der Waals surface area contributed by atoms with Crippen molar-refractivity contribution in [2.24, 2.45) is 0 Å². The predicted octanol–water partition coefficient (Wildman–Crippen LogP) is 4.74. The Morgan fingerprint density at radius 3 is 2.78 bits per heavy atom. The molecule has 0 bridgehead atoms. The summed E-state index contributed by atoms with van der Waals surface area (Å²) >= 11 is 5.83. The lowest BCUT2D eigenvalue weighted by Gasteiger charge is -2.20. The summed E-state index contributed by atoms with van der Waals surface area (Å²) in [5.41, 5.74) is 0.223. The van der Waals surface area contributed by atoms with Crippen molar-refractivity contribution in [2.45, 2.75) is 19.4 Å². The van der Waals surface area contributed by atoms with Crippen LogP contribution in [0.1, 0.15) is 33.2 Å². The molecule has 0 spiro atoms. The van der Waals surface area contributed by atoms with Crippen molar-refractivity contribution >= 4 is 11.6 Å². The van der Waals surface area contributed by atoms with Gasteiger partial charge in [-0.2, -0.15) is 0 Å². The van der Waals surface area contributed by atoms with Crippen LogP contribution in [0.2, 0.25) is 0 Å². The predicted molar refractivity (Wildman–Crippen MR) is 76.3 cm³/mol. The normalized spacial score (nSPS) is 18.4. The Bertz CT molecular complexity index is 747. The monoisotopic (exact) mass is 267 g/mol. The lowest BCUT2D eigenvalue weighted by Crippen LogP contribution is -2.09. The van der Waals surface area contributed by atoms with Gasteiger partial charge in [0.05, 0.1) is 5.48 Å². The van der Waals surface area contributed by atoms with Gasteiger partial charge in [0, 0.05) is 16.4 Å². The lowest BCUT2D eigenvalue weighted by atomic mass is 10.1. The van der Waals surface area contributed by atoms with Crippen LogP contribution in [0, 0.1) is 6.85 Å². The Labute approximate surface area is 123 Å². The van der Waals surface area contributed by atoms with Gasteiger partial charge in [0.15, 0.2) is 0 Å². The van der Waals surface area contributed by atoms with Crippen molar-refractivity contribution in [1.82, 2.24) is 0 Å². The summed E-state index contributed by atoms with van der Waals surface area (Å²) in [4.78, 5) is 0. The molecule has 0 fully saturated rings. The minimum atomic E-state index is -2.74. The quantitative estimate of drug-likeness (QED) is 0.711. The van der Waals surface area contributed by atoms with Crippen LogP contribution in [0.4, 0.5) is 0 Å². The van der Waals surface area contributed by atoms with Gasteiger partial charge in [0.1, 0.15) is 11.9 Å². The smallest absolute Gasteiger partial charge is 0.125 e. The van der Waals surface area contributed by atoms with Crippen LogP contribution in [-0.4, -0.2) is 5.88 Å². The number of hydrogen-bond acceptors (Lipinski definition) is 1. The summed E-state index contributed by atoms with van der Waals surface area (Å²) in [6.07, 6.45) is -0.270. The van der Waals surface area contributed by atoms with Crippen molar-refractivity contribution in [1.29, 1.82) is 0 Å². The van der Waals surface area contributed by atoms with E-state index in [1.54, 1.807) is 24.3 Å². The van der Waals surface area contributed by atoms with E-state index >= 15 is 0 Å². The molecule has 0 N–H and O–H groups in total. The van der Waals surface area contributed by atoms with Gasteiger partial charge in [-0.3, -0.25) is 0 Å². The van der Waals surface area contributed by atoms with Gasteiger partial charge in [0.25, 0.3) is 0 Å². The third kappa shape index (κ3) is 3.27. The molecule has 0 aliphatic heterocycles. The molecular formula is C16H17ClO. The Kier molecular flexibility index (Phi) is 2.38. The highest BCUT2D eigenvalue weighted by molar-refractivity contribution is 6.17. The third-order valence-electron chi connectivity index (χ3n) is 2.46. The van der Waals surface area contributed by atoms with Crippen molar-refractivity contribution in [3.63, 3.8) is 0 Å². The molecule has 0 radical (unpaired) electrons. The number of alkyl halides is 1. The highest BCUT2D eigenvalue weighted by atomic mass is 35.5. The second-order valence-electron chi connectivity index (χ2n) is 3.70. The van der Waals surface area contributed by atoms with Gasteiger partial charge in [0.2, 0.25) is 0 Å². The zero-order valence-corrected chi connectivity index (χ0v) is 10.4. The summed E-state index contributed by atoms with van der Waals surface area (Å²) in [7, 11) is 0. The second-order valence-corrected chi connectivity index (χ2v) is 4.08. The summed E-state index contributed by atoms with van der Waals surface area (Å²) in [6.45, 7) is -2.74. The molecule has 1 atom stereocenters. The van der Waals surface area contributed by atoms with Crippen LogP contribution in [0.15, 0.2) is 54.5 Å². The van der Waals surface area contributed by atoms with E-state index in [0.717, 1.165) is 5.56 Å². The molecule has 0 heterocycles. The average Bonchev–Trinajstić information content (AvgIpc) is 2.56. The number of hydrogen-bond donors (Lipinski definition) is 0. The molecule has 2 aromatic carbocycles. The van der Waals surface area contributed by atoms with Gasteiger partial charge in [-0.25, -0.2) is 0 Å². The summed E-state index contributed by atoms with van der Waals surface area (Å²) in [5, 5.41) is 0. The summed E-state index contributed by atoms with van der Waals surface area (Å²) in [6, 6.07) is 6.73. The van der Waals surface area contributed by atoms with Crippen molar-refractivity contribution in [3.8, 4) is 5.75 Å². The number of benzene rings is 2. The number of para-hydroxylation sites is 1. The molecule has 2 rings (SSSR count). The molecule has 0 aliphatic carbocycles. The fourth-order valence-electron chi connectivity index (χ4n) is 1.59. The van der Waals surface area contributed by atoms with Gasteiger partial charge < -0.3 is 4.74 Å². The summed E-state index contributed by atoms with van der Waals surface area (Å²) in [5.74, 6) is -0.112. The Balaban J connectivity index is 2.61. The molecule has 0 saturated heterocycles. The minimum absolute atomic E-state index is 0.244. The first-order valence-corrected chi connectivity index (χ1v) is 6.10. The maximum Gasteiger partial charge on any atom is 0.125 e. The van der Waals surface area contributed by atoms with Gasteiger partial charge in [-0.1, -0.05) is 48.5 Å². The van der Waals surface area contributed by atoms with E-state index in [2.05, 4.69) is 0 Å². The Morgan fingerprint density at radius 1 is 1.28 bits per heavy atom. The molecule has 0 amide bonds. The van der Waals surface area contributed by atoms with Crippen LogP contribution in [-0.2, 0) is 0 Å². The zero-order chi connectivity index (χ0) is 18.8. The lowest BCUT2D eigenvalue weighted by molar-refractivity contribution is 0.201. The van der Waals surface area contributed by atoms with E-state index < -0.39 is 42.7 Å². The molecule has 0 aliphatic rings. The van der Waals surface area contributed by atoms with E-state index in [4.69, 9.17) is 25.9 Å². The minimum Gasteiger partial charge on any atom is -0.485 e. The number of rotatable bonds is 5. The fourth-order valence-corrected chi connectivity index (χ4v) is 1.79. The van der Waals surface area contributed by atoms with E-state index in [1.807, 2.05) is 6.07 Å². The molecule has 2 aromatic rings. The van der Waals surface area contributed by atoms with Gasteiger partial charge >= 0.3 is 0 Å². The average molecular weight is 268 g/mol. The molecule has 0 unspecified atom stereocenters. The standard InChI is InChI=1S/C16H17ClO/c1-13-7-5-6-10-15(13)18-16(11-12-17)14-8-3-2-4-9-14/h2-10,16H,11-12H2,1H3/t16-/m0/s1/i1D3,5D,6D,7D,10D. The Hall–Kier alpha value is -1.47. The second kappa shape index (κ2) is 6.46. The van der Waals surface area contributed by atoms with E-state index in [9.17, 15) is 0 Å². The van der Waals surface area contributed by atoms with Crippen LogP contribution >= 0.6 is 11.6 Å². The molecule has 0 saturated carbocycles. The first-order chi connectivity index (χ1) is 11.7. The van der Waals surface area contributed by atoms with E-state index in [-0.39, 0.29) is 11.6 Å². The number of ether oxygens (including phenoxy) is 1. The van der Waals surface area contributed by atoms with E-state index in [0.29, 0.717) is 6.42 Å². The third-order valence-corrected chi connectivity index (χ3v) is 2.67. The summed E-state index contributed by atoms with van der Waals surface area (Å²) < 4.78 is 60.2. The largest absolute Gasteiger partial charge is 0.485 e. The SMILES string of the molecule is [2H]c1c([2H])c([2H])c(C([2H])([2H])[2H])c(O[C@@H](CCCl)c2ccccc2)c1[2H]. The molecule has 2 heteroatoms. The highest BCUT2D eigenvalue weighted by Gasteiger charge is 2.13. The van der Waals surface area contributed by atoms with Crippen LogP contribution in [0.25, 0.3) is 0 Å². The van der Waals surface area contributed by atoms with Gasteiger partial charge in [-0.05, 0) is 24.0 Å². The number of halogens is 1. The van der Waals surface area contributed by atoms with Crippen molar-refractivity contribution < 1.29 is 14.3 Å². The Morgan fingerprint density at radius 2 is 2.06 bits per heavy atom. The van der Waals surface area contributed by atoms with Crippen molar-refractivity contribution in [2.75, 3.05) is 5.88 Å². The first kappa shape index (κ1) is 6.63. The molecule has 18 heavy (non-hydrogen) atoms. The maximum atomic E-state index is 8.04. The highest BCUT2D eigenvalue weighted by Crippen LogP contribution is 2.27. The molecule has 0 aromatic heterocycles. The molecule has 94 valence electrons. The fraction of sp³-hybridized carbons (Fsp3) is 0.250. The van der Waals surface area contributed by atoms with Gasteiger partial charge in [-0.15, -0.1) is 11.6 Å². The first-order valence-electron chi connectivity index (χ1n) is 9.06. The molecule has 1 nitrogen and oxygen atoms in total. The maximum absolute atomic E-state index is 8.04. The van der Waals surface area contributed by atoms with E-state index in [1.165, 1.54) is 0 Å². The van der Waals surface area contributed by atoms with Crippen LogP contribution < -0.4 is 4.74 Å². The zero-order valence-electron chi connectivity index (χ0n) is 16.7.